The van der Waals surface area contributed by atoms with Crippen LogP contribution in [0.3, 0.4) is 0 Å². The summed E-state index contributed by atoms with van der Waals surface area (Å²) in [5.41, 5.74) is 1.26. The van der Waals surface area contributed by atoms with Gasteiger partial charge in [0.25, 0.3) is 0 Å². The molecule has 0 bridgehead atoms. The first-order valence-corrected chi connectivity index (χ1v) is 7.21. The number of ether oxygens (including phenoxy) is 1. The molecular formula is C14H20O3S. The fraction of sp³-hybridized carbons (Fsp3) is 0.500. The molecule has 0 heterocycles. The van der Waals surface area contributed by atoms with Crippen molar-refractivity contribution >= 4 is 17.7 Å². The first-order valence-electron chi connectivity index (χ1n) is 6.06. The molecule has 0 saturated carbocycles. The second-order valence-electron chi connectivity index (χ2n) is 4.36. The van der Waals surface area contributed by atoms with E-state index in [0.717, 1.165) is 22.8 Å². The van der Waals surface area contributed by atoms with Crippen LogP contribution in [0.4, 0.5) is 0 Å². The minimum atomic E-state index is -0.897. The van der Waals surface area contributed by atoms with Gasteiger partial charge in [-0.15, -0.1) is 0 Å². The van der Waals surface area contributed by atoms with Gasteiger partial charge < -0.3 is 9.84 Å². The third-order valence-electron chi connectivity index (χ3n) is 2.88. The van der Waals surface area contributed by atoms with Gasteiger partial charge in [0.1, 0.15) is 5.75 Å². The molecular weight excluding hydrogens is 248 g/mol. The highest BCUT2D eigenvalue weighted by molar-refractivity contribution is 7.98. The van der Waals surface area contributed by atoms with Crippen molar-refractivity contribution in [2.75, 3.05) is 12.9 Å². The highest BCUT2D eigenvalue weighted by atomic mass is 32.2. The van der Waals surface area contributed by atoms with E-state index >= 15 is 0 Å². The van der Waals surface area contributed by atoms with Crippen LogP contribution in [0.1, 0.15) is 36.2 Å². The first kappa shape index (κ1) is 14.9. The molecule has 1 aromatic rings. The lowest BCUT2D eigenvalue weighted by atomic mass is 10.1. The molecule has 0 fully saturated rings. The van der Waals surface area contributed by atoms with Crippen LogP contribution in [0.2, 0.25) is 0 Å². The molecule has 1 unspecified atom stereocenters. The van der Waals surface area contributed by atoms with E-state index in [0.29, 0.717) is 11.5 Å². The van der Waals surface area contributed by atoms with Gasteiger partial charge in [0.15, 0.2) is 0 Å². The molecule has 100 valence electrons. The predicted molar refractivity (Wildman–Crippen MR) is 75.6 cm³/mol. The van der Waals surface area contributed by atoms with Gasteiger partial charge >= 0.3 is 5.97 Å². The fourth-order valence-corrected chi connectivity index (χ4v) is 2.71. The molecule has 0 aliphatic heterocycles. The molecule has 0 spiro atoms. The Bertz CT molecular complexity index is 404. The number of aromatic carboxylic acids is 1. The van der Waals surface area contributed by atoms with Crippen molar-refractivity contribution in [2.45, 2.75) is 26.0 Å². The highest BCUT2D eigenvalue weighted by Gasteiger charge is 2.09. The van der Waals surface area contributed by atoms with Gasteiger partial charge in [0.2, 0.25) is 0 Å². The number of carboxylic acids is 1. The van der Waals surface area contributed by atoms with Crippen LogP contribution in [-0.4, -0.2) is 23.9 Å². The van der Waals surface area contributed by atoms with Crippen LogP contribution in [0, 0.1) is 5.92 Å². The molecule has 1 aromatic carbocycles. The Morgan fingerprint density at radius 1 is 1.50 bits per heavy atom. The molecule has 1 N–H and O–H groups in total. The summed E-state index contributed by atoms with van der Waals surface area (Å²) in [6.45, 7) is 4.40. The van der Waals surface area contributed by atoms with Gasteiger partial charge in [-0.3, -0.25) is 0 Å². The van der Waals surface area contributed by atoms with Gasteiger partial charge in [0, 0.05) is 11.3 Å². The maximum Gasteiger partial charge on any atom is 0.335 e. The average molecular weight is 268 g/mol. The zero-order valence-corrected chi connectivity index (χ0v) is 11.9. The second-order valence-corrected chi connectivity index (χ2v) is 5.39. The van der Waals surface area contributed by atoms with E-state index in [1.165, 1.54) is 6.42 Å². The Morgan fingerprint density at radius 3 is 2.78 bits per heavy atom. The Hall–Kier alpha value is -1.16. The van der Waals surface area contributed by atoms with Crippen LogP contribution in [0.5, 0.6) is 5.75 Å². The number of carboxylic acid groups (broad SMARTS) is 1. The van der Waals surface area contributed by atoms with Gasteiger partial charge in [0.05, 0.1) is 12.7 Å². The van der Waals surface area contributed by atoms with Crippen molar-refractivity contribution < 1.29 is 14.6 Å². The molecule has 0 aliphatic carbocycles. The van der Waals surface area contributed by atoms with Crippen molar-refractivity contribution in [1.82, 2.24) is 0 Å². The third kappa shape index (κ3) is 4.26. The first-order chi connectivity index (χ1) is 8.58. The van der Waals surface area contributed by atoms with Crippen molar-refractivity contribution in [3.63, 3.8) is 0 Å². The highest BCUT2D eigenvalue weighted by Crippen LogP contribution is 2.26. The summed E-state index contributed by atoms with van der Waals surface area (Å²) in [6.07, 6.45) is 1.17. The van der Waals surface area contributed by atoms with E-state index < -0.39 is 5.97 Å². The average Bonchev–Trinajstić information content (AvgIpc) is 2.38. The number of rotatable bonds is 7. The Labute approximate surface area is 113 Å². The number of methoxy groups -OCH3 is 1. The quantitative estimate of drug-likeness (QED) is 0.819. The van der Waals surface area contributed by atoms with Crippen LogP contribution >= 0.6 is 11.8 Å². The summed E-state index contributed by atoms with van der Waals surface area (Å²) >= 11 is 1.82. The maximum atomic E-state index is 10.9. The summed E-state index contributed by atoms with van der Waals surface area (Å²) in [6, 6.07) is 5.00. The molecule has 1 atom stereocenters. The standard InChI is InChI=1S/C14H20O3S/c1-4-10(2)8-18-9-12-7-11(14(15)16)5-6-13(12)17-3/h5-7,10H,4,8-9H2,1-3H3,(H,15,16). The normalized spacial score (nSPS) is 12.2. The minimum Gasteiger partial charge on any atom is -0.496 e. The Kier molecular flexibility index (Phi) is 6.05. The molecule has 18 heavy (non-hydrogen) atoms. The SMILES string of the molecule is CCC(C)CSCc1cc(C(=O)O)ccc1OC. The molecule has 0 saturated heterocycles. The Morgan fingerprint density at radius 2 is 2.22 bits per heavy atom. The summed E-state index contributed by atoms with van der Waals surface area (Å²) in [7, 11) is 1.61. The van der Waals surface area contributed by atoms with Gasteiger partial charge in [-0.05, 0) is 29.9 Å². The van der Waals surface area contributed by atoms with Crippen molar-refractivity contribution in [2.24, 2.45) is 5.92 Å². The van der Waals surface area contributed by atoms with Crippen molar-refractivity contribution in [3.05, 3.63) is 29.3 Å². The number of hydrogen-bond donors (Lipinski definition) is 1. The molecule has 0 aromatic heterocycles. The van der Waals surface area contributed by atoms with E-state index in [4.69, 9.17) is 9.84 Å². The monoisotopic (exact) mass is 268 g/mol. The summed E-state index contributed by atoms with van der Waals surface area (Å²) < 4.78 is 5.26. The molecule has 0 radical (unpaired) electrons. The zero-order chi connectivity index (χ0) is 13.5. The number of hydrogen-bond acceptors (Lipinski definition) is 3. The lowest BCUT2D eigenvalue weighted by Crippen LogP contribution is -2.00. The van der Waals surface area contributed by atoms with E-state index in [9.17, 15) is 4.79 Å². The summed E-state index contributed by atoms with van der Waals surface area (Å²) in [5, 5.41) is 8.98. The third-order valence-corrected chi connectivity index (χ3v) is 4.20. The van der Waals surface area contributed by atoms with Crippen LogP contribution < -0.4 is 4.74 Å². The van der Waals surface area contributed by atoms with Crippen molar-refractivity contribution in [1.29, 1.82) is 0 Å². The van der Waals surface area contributed by atoms with Crippen LogP contribution in [-0.2, 0) is 5.75 Å². The minimum absolute atomic E-state index is 0.315. The van der Waals surface area contributed by atoms with E-state index in [-0.39, 0.29) is 0 Å². The van der Waals surface area contributed by atoms with E-state index in [1.807, 2.05) is 11.8 Å². The van der Waals surface area contributed by atoms with Crippen LogP contribution in [0.25, 0.3) is 0 Å². The topological polar surface area (TPSA) is 46.5 Å². The predicted octanol–water partition coefficient (Wildman–Crippen LogP) is 3.67. The molecule has 0 aliphatic rings. The summed E-state index contributed by atoms with van der Waals surface area (Å²) in [5.74, 6) is 2.41. The number of thioether (sulfide) groups is 1. The largest absolute Gasteiger partial charge is 0.496 e. The maximum absolute atomic E-state index is 10.9. The smallest absolute Gasteiger partial charge is 0.335 e. The Balaban J connectivity index is 2.72. The number of benzene rings is 1. The molecule has 4 heteroatoms. The molecule has 1 rings (SSSR count). The summed E-state index contributed by atoms with van der Waals surface area (Å²) in [4.78, 5) is 10.9. The van der Waals surface area contributed by atoms with Gasteiger partial charge in [-0.2, -0.15) is 11.8 Å². The lowest BCUT2D eigenvalue weighted by Gasteiger charge is -2.11. The lowest BCUT2D eigenvalue weighted by molar-refractivity contribution is 0.0696. The fourth-order valence-electron chi connectivity index (χ4n) is 1.51. The van der Waals surface area contributed by atoms with E-state index in [1.54, 1.807) is 25.3 Å². The van der Waals surface area contributed by atoms with Gasteiger partial charge in [-0.1, -0.05) is 20.3 Å². The molecule has 0 amide bonds. The van der Waals surface area contributed by atoms with Crippen molar-refractivity contribution in [3.8, 4) is 5.75 Å². The molecule has 3 nitrogen and oxygen atoms in total. The van der Waals surface area contributed by atoms with Crippen LogP contribution in [0.15, 0.2) is 18.2 Å². The van der Waals surface area contributed by atoms with Gasteiger partial charge in [-0.25, -0.2) is 4.79 Å². The zero-order valence-electron chi connectivity index (χ0n) is 11.1. The van der Waals surface area contributed by atoms with E-state index in [2.05, 4.69) is 13.8 Å². The second kappa shape index (κ2) is 7.31. The number of carbonyl (C=O) groups is 1.